The van der Waals surface area contributed by atoms with Crippen molar-refractivity contribution in [2.45, 2.75) is 78.6 Å². The molecular weight excluding hydrogens is 266 g/mol. The van der Waals surface area contributed by atoms with E-state index in [2.05, 4.69) is 6.92 Å². The molecule has 0 saturated carbocycles. The lowest BCUT2D eigenvalue weighted by molar-refractivity contribution is -0.146. The monoisotopic (exact) mass is 303 g/mol. The molecule has 4 heteroatoms. The van der Waals surface area contributed by atoms with Gasteiger partial charge in [0.15, 0.2) is 0 Å². The smallest absolute Gasteiger partial charge is 0.306 e. The van der Waals surface area contributed by atoms with E-state index >= 15 is 0 Å². The Bertz CT molecular complexity index is 220. The second kappa shape index (κ2) is 17.4. The molecule has 21 heavy (non-hydrogen) atoms. The number of unbranched alkanes of at least 4 members (excludes halogenated alkanes) is 7. The minimum absolute atomic E-state index is 0. The number of esters is 1. The van der Waals surface area contributed by atoms with E-state index in [0.717, 1.165) is 13.0 Å². The molecule has 128 valence electrons. The van der Waals surface area contributed by atoms with Crippen LogP contribution in [0.4, 0.5) is 0 Å². The first-order valence-electron chi connectivity index (χ1n) is 8.40. The molecule has 0 saturated heterocycles. The van der Waals surface area contributed by atoms with Crippen LogP contribution in [-0.2, 0) is 14.3 Å². The van der Waals surface area contributed by atoms with Gasteiger partial charge in [-0.1, -0.05) is 65.7 Å². The first kappa shape index (κ1) is 22.7. The van der Waals surface area contributed by atoms with Gasteiger partial charge in [0.05, 0.1) is 6.61 Å². The summed E-state index contributed by atoms with van der Waals surface area (Å²) >= 11 is 0. The molecule has 0 spiro atoms. The molecule has 0 rings (SSSR count). The predicted molar refractivity (Wildman–Crippen MR) is 88.9 cm³/mol. The van der Waals surface area contributed by atoms with E-state index in [1.807, 2.05) is 13.8 Å². The van der Waals surface area contributed by atoms with Gasteiger partial charge < -0.3 is 15.6 Å². The van der Waals surface area contributed by atoms with Crippen molar-refractivity contribution >= 4 is 5.97 Å². The average Bonchev–Trinajstić information content (AvgIpc) is 2.39. The van der Waals surface area contributed by atoms with Crippen molar-refractivity contribution in [2.24, 2.45) is 5.92 Å². The zero-order valence-corrected chi connectivity index (χ0v) is 14.5. The van der Waals surface area contributed by atoms with Crippen LogP contribution < -0.4 is 6.15 Å². The Morgan fingerprint density at radius 2 is 1.43 bits per heavy atom. The summed E-state index contributed by atoms with van der Waals surface area (Å²) in [7, 11) is 0. The Morgan fingerprint density at radius 3 is 2.00 bits per heavy atom. The summed E-state index contributed by atoms with van der Waals surface area (Å²) < 4.78 is 10.5. The Kier molecular flexibility index (Phi) is 18.8. The highest BCUT2D eigenvalue weighted by Crippen LogP contribution is 2.08. The van der Waals surface area contributed by atoms with Gasteiger partial charge in [0.1, 0.15) is 6.61 Å². The first-order chi connectivity index (χ1) is 9.66. The summed E-state index contributed by atoms with van der Waals surface area (Å²) in [4.78, 5) is 11.3. The zero-order valence-electron chi connectivity index (χ0n) is 14.5. The van der Waals surface area contributed by atoms with E-state index in [4.69, 9.17) is 9.47 Å². The Labute approximate surface area is 131 Å². The van der Waals surface area contributed by atoms with Crippen LogP contribution in [0.1, 0.15) is 78.6 Å². The fourth-order valence-corrected chi connectivity index (χ4v) is 2.05. The van der Waals surface area contributed by atoms with Crippen LogP contribution in [0.3, 0.4) is 0 Å². The quantitative estimate of drug-likeness (QED) is 0.366. The number of carbonyl (C=O) groups is 1. The van der Waals surface area contributed by atoms with Crippen molar-refractivity contribution in [3.63, 3.8) is 0 Å². The molecule has 0 aliphatic heterocycles. The fourth-order valence-electron chi connectivity index (χ4n) is 2.05. The van der Waals surface area contributed by atoms with Crippen molar-refractivity contribution in [3.8, 4) is 0 Å². The number of ether oxygens (including phenoxy) is 2. The lowest BCUT2D eigenvalue weighted by Gasteiger charge is -2.07. The van der Waals surface area contributed by atoms with E-state index in [1.54, 1.807) is 0 Å². The summed E-state index contributed by atoms with van der Waals surface area (Å²) in [5.74, 6) is 0.247. The summed E-state index contributed by atoms with van der Waals surface area (Å²) in [6.07, 6.45) is 11.0. The van der Waals surface area contributed by atoms with Gasteiger partial charge in [-0.05, 0) is 12.3 Å². The molecule has 4 nitrogen and oxygen atoms in total. The van der Waals surface area contributed by atoms with Gasteiger partial charge in [-0.3, -0.25) is 4.79 Å². The molecule has 0 aromatic carbocycles. The van der Waals surface area contributed by atoms with Crippen molar-refractivity contribution in [1.29, 1.82) is 0 Å². The maximum Gasteiger partial charge on any atom is 0.306 e. The minimum Gasteiger partial charge on any atom is -0.463 e. The average molecular weight is 303 g/mol. The molecule has 0 aromatic rings. The van der Waals surface area contributed by atoms with Crippen molar-refractivity contribution in [2.75, 3.05) is 19.8 Å². The molecule has 0 aliphatic rings. The van der Waals surface area contributed by atoms with Crippen LogP contribution in [0.5, 0.6) is 0 Å². The molecule has 0 heterocycles. The van der Waals surface area contributed by atoms with Crippen LogP contribution >= 0.6 is 0 Å². The van der Waals surface area contributed by atoms with Crippen LogP contribution in [0.2, 0.25) is 0 Å². The molecule has 0 aliphatic carbocycles. The molecule has 0 amide bonds. The van der Waals surface area contributed by atoms with Gasteiger partial charge in [-0.2, -0.15) is 0 Å². The lowest BCUT2D eigenvalue weighted by atomic mass is 10.1. The first-order valence-corrected chi connectivity index (χ1v) is 8.40. The highest BCUT2D eigenvalue weighted by molar-refractivity contribution is 5.69. The van der Waals surface area contributed by atoms with E-state index < -0.39 is 0 Å². The van der Waals surface area contributed by atoms with E-state index in [-0.39, 0.29) is 12.1 Å². The lowest BCUT2D eigenvalue weighted by Crippen LogP contribution is -2.12. The van der Waals surface area contributed by atoms with Gasteiger partial charge in [-0.25, -0.2) is 0 Å². The van der Waals surface area contributed by atoms with Crippen molar-refractivity contribution in [1.82, 2.24) is 6.15 Å². The van der Waals surface area contributed by atoms with Gasteiger partial charge in [-0.15, -0.1) is 0 Å². The third-order valence-electron chi connectivity index (χ3n) is 3.21. The van der Waals surface area contributed by atoms with Crippen LogP contribution in [0.15, 0.2) is 0 Å². The third kappa shape index (κ3) is 19.4. The Morgan fingerprint density at radius 1 is 0.857 bits per heavy atom. The molecule has 0 fully saturated rings. The van der Waals surface area contributed by atoms with Gasteiger partial charge >= 0.3 is 5.97 Å². The molecule has 0 atom stereocenters. The maximum absolute atomic E-state index is 11.3. The van der Waals surface area contributed by atoms with Crippen LogP contribution in [-0.4, -0.2) is 25.8 Å². The highest BCUT2D eigenvalue weighted by atomic mass is 16.6. The summed E-state index contributed by atoms with van der Waals surface area (Å²) in [5.41, 5.74) is 0. The summed E-state index contributed by atoms with van der Waals surface area (Å²) in [6.45, 7) is 7.98. The standard InChI is InChI=1S/C17H34O3.H3N/c1-4-5-6-7-8-9-10-11-12-19-13-14-20-17(18)15-16(2)3;/h16H,4-15H2,1-3H3;1H3. The fraction of sp³-hybridized carbons (Fsp3) is 0.941. The van der Waals surface area contributed by atoms with E-state index in [9.17, 15) is 4.79 Å². The van der Waals surface area contributed by atoms with Gasteiger partial charge in [0, 0.05) is 13.0 Å². The molecule has 0 unspecified atom stereocenters. The topological polar surface area (TPSA) is 70.5 Å². The zero-order chi connectivity index (χ0) is 15.1. The second-order valence-electron chi connectivity index (χ2n) is 5.91. The Hall–Kier alpha value is -0.610. The molecule has 0 bridgehead atoms. The summed E-state index contributed by atoms with van der Waals surface area (Å²) in [5, 5.41) is 0. The number of hydrogen-bond donors (Lipinski definition) is 1. The largest absolute Gasteiger partial charge is 0.463 e. The molecule has 0 radical (unpaired) electrons. The van der Waals surface area contributed by atoms with E-state index in [0.29, 0.717) is 25.6 Å². The highest BCUT2D eigenvalue weighted by Gasteiger charge is 2.05. The maximum atomic E-state index is 11.3. The molecule has 3 N–H and O–H groups in total. The number of hydrogen-bond acceptors (Lipinski definition) is 4. The van der Waals surface area contributed by atoms with Crippen molar-refractivity contribution in [3.05, 3.63) is 0 Å². The Balaban J connectivity index is 0. The normalized spacial score (nSPS) is 10.5. The predicted octanol–water partition coefficient (Wildman–Crippen LogP) is 4.90. The molecular formula is C17H37NO3. The minimum atomic E-state index is -0.115. The van der Waals surface area contributed by atoms with Crippen molar-refractivity contribution < 1.29 is 14.3 Å². The van der Waals surface area contributed by atoms with Crippen LogP contribution in [0.25, 0.3) is 0 Å². The number of rotatable bonds is 14. The molecule has 0 aromatic heterocycles. The van der Waals surface area contributed by atoms with Gasteiger partial charge in [0.25, 0.3) is 0 Å². The third-order valence-corrected chi connectivity index (χ3v) is 3.21. The second-order valence-corrected chi connectivity index (χ2v) is 5.91. The number of carbonyl (C=O) groups excluding carboxylic acids is 1. The SMILES string of the molecule is CCCCCCCCCCOCCOC(=O)CC(C)C.N. The van der Waals surface area contributed by atoms with Crippen LogP contribution in [0, 0.1) is 5.92 Å². The van der Waals surface area contributed by atoms with Gasteiger partial charge in [0.2, 0.25) is 0 Å². The summed E-state index contributed by atoms with van der Waals surface area (Å²) in [6, 6.07) is 0. The van der Waals surface area contributed by atoms with E-state index in [1.165, 1.54) is 44.9 Å².